The van der Waals surface area contributed by atoms with Gasteiger partial charge in [0.25, 0.3) is 0 Å². The Balaban J connectivity index is 3.01. The highest BCUT2D eigenvalue weighted by atomic mass is 16.5. The molecule has 0 saturated heterocycles. The van der Waals surface area contributed by atoms with E-state index in [4.69, 9.17) is 10.5 Å². The number of ether oxygens (including phenoxy) is 1. The molecule has 0 aromatic carbocycles. The molecule has 0 aliphatic carbocycles. The van der Waals surface area contributed by atoms with Crippen LogP contribution < -0.4 is 5.73 Å². The van der Waals surface area contributed by atoms with Crippen LogP contribution in [0.1, 0.15) is 50.9 Å². The third kappa shape index (κ3) is 3.49. The van der Waals surface area contributed by atoms with Crippen molar-refractivity contribution in [3.63, 3.8) is 0 Å². The van der Waals surface area contributed by atoms with E-state index in [1.807, 2.05) is 11.5 Å². The predicted molar refractivity (Wildman–Crippen MR) is 76.0 cm³/mol. The number of aryl methyl sites for hydroxylation is 1. The van der Waals surface area contributed by atoms with Crippen molar-refractivity contribution in [1.82, 2.24) is 9.55 Å². The number of esters is 1. The second kappa shape index (κ2) is 5.63. The molecule has 0 radical (unpaired) electrons. The molecule has 108 valence electrons. The van der Waals surface area contributed by atoms with Gasteiger partial charge in [-0.1, -0.05) is 27.7 Å². The fourth-order valence-corrected chi connectivity index (χ4v) is 1.71. The number of nitrogens with zero attached hydrogens (tertiary/aromatic N) is 2. The van der Waals surface area contributed by atoms with Gasteiger partial charge in [-0.2, -0.15) is 0 Å². The number of nitrogen functional groups attached to an aromatic ring is 1. The quantitative estimate of drug-likeness (QED) is 0.851. The Kier molecular flexibility index (Phi) is 4.61. The molecule has 0 spiro atoms. The van der Waals surface area contributed by atoms with Gasteiger partial charge in [-0.25, -0.2) is 9.78 Å². The fraction of sp³-hybridized carbons (Fsp3) is 0.714. The number of carbonyl (C=O) groups is 1. The van der Waals surface area contributed by atoms with Gasteiger partial charge < -0.3 is 15.0 Å². The normalized spacial score (nSPS) is 13.4. The Bertz CT molecular complexity index is 458. The van der Waals surface area contributed by atoms with Gasteiger partial charge in [0.1, 0.15) is 11.6 Å². The van der Waals surface area contributed by atoms with E-state index in [1.165, 1.54) is 0 Å². The minimum Gasteiger partial charge on any atom is -0.461 e. The molecular weight excluding hydrogens is 242 g/mol. The average Bonchev–Trinajstić information content (AvgIpc) is 2.56. The minimum atomic E-state index is -0.453. The maximum absolute atomic E-state index is 11.7. The average molecular weight is 267 g/mol. The van der Waals surface area contributed by atoms with Gasteiger partial charge in [-0.15, -0.1) is 0 Å². The Morgan fingerprint density at radius 3 is 2.53 bits per heavy atom. The summed E-state index contributed by atoms with van der Waals surface area (Å²) in [6.45, 7) is 13.4. The molecule has 1 heterocycles. The molecule has 0 aliphatic rings. The number of rotatable bonds is 4. The van der Waals surface area contributed by atoms with Crippen LogP contribution in [0.2, 0.25) is 0 Å². The van der Waals surface area contributed by atoms with Crippen LogP contribution in [0, 0.1) is 18.3 Å². The highest BCUT2D eigenvalue weighted by Crippen LogP contribution is 2.28. The van der Waals surface area contributed by atoms with Crippen molar-refractivity contribution < 1.29 is 9.53 Å². The van der Waals surface area contributed by atoms with Gasteiger partial charge in [0.05, 0.1) is 6.61 Å². The van der Waals surface area contributed by atoms with E-state index in [0.717, 1.165) is 12.4 Å². The molecule has 1 aromatic rings. The van der Waals surface area contributed by atoms with Gasteiger partial charge in [0, 0.05) is 6.54 Å². The molecule has 19 heavy (non-hydrogen) atoms. The summed E-state index contributed by atoms with van der Waals surface area (Å²) in [4.78, 5) is 16.0. The number of aromatic nitrogens is 2. The number of carbonyl (C=O) groups excluding carboxylic acids is 1. The van der Waals surface area contributed by atoms with Crippen molar-refractivity contribution in [1.29, 1.82) is 0 Å². The van der Waals surface area contributed by atoms with E-state index in [-0.39, 0.29) is 11.1 Å². The topological polar surface area (TPSA) is 70.1 Å². The van der Waals surface area contributed by atoms with Crippen LogP contribution >= 0.6 is 0 Å². The van der Waals surface area contributed by atoms with Crippen molar-refractivity contribution in [3.8, 4) is 0 Å². The fourth-order valence-electron chi connectivity index (χ4n) is 1.71. The molecule has 1 unspecified atom stereocenters. The highest BCUT2D eigenvalue weighted by molar-refractivity contribution is 5.92. The lowest BCUT2D eigenvalue weighted by atomic mass is 9.82. The zero-order valence-corrected chi connectivity index (χ0v) is 12.8. The lowest BCUT2D eigenvalue weighted by Crippen LogP contribution is -2.23. The number of anilines is 1. The summed E-state index contributed by atoms with van der Waals surface area (Å²) in [6.07, 6.45) is 0. The van der Waals surface area contributed by atoms with Gasteiger partial charge in [-0.3, -0.25) is 0 Å². The van der Waals surface area contributed by atoms with E-state index >= 15 is 0 Å². The Morgan fingerprint density at radius 2 is 2.05 bits per heavy atom. The van der Waals surface area contributed by atoms with Crippen LogP contribution in [-0.4, -0.2) is 22.1 Å². The summed E-state index contributed by atoms with van der Waals surface area (Å²) in [7, 11) is 0. The van der Waals surface area contributed by atoms with E-state index < -0.39 is 5.97 Å². The van der Waals surface area contributed by atoms with Crippen molar-refractivity contribution in [2.24, 2.45) is 11.3 Å². The van der Waals surface area contributed by atoms with Gasteiger partial charge in [-0.05, 0) is 25.2 Å². The first-order valence-corrected chi connectivity index (χ1v) is 6.68. The van der Waals surface area contributed by atoms with Gasteiger partial charge in [0.15, 0.2) is 5.69 Å². The summed E-state index contributed by atoms with van der Waals surface area (Å²) >= 11 is 0. The largest absolute Gasteiger partial charge is 0.461 e. The van der Waals surface area contributed by atoms with Crippen LogP contribution in [0.5, 0.6) is 0 Å². The second-order valence-electron chi connectivity index (χ2n) is 5.99. The molecular formula is C14H25N3O2. The lowest BCUT2D eigenvalue weighted by Gasteiger charge is -2.28. The standard InChI is InChI=1S/C14H25N3O2/c1-7-19-13(18)11-12(15)17(10(3)16-11)8-9(2)14(4,5)6/h9H,7-8,15H2,1-6H3. The zero-order valence-electron chi connectivity index (χ0n) is 12.8. The monoisotopic (exact) mass is 267 g/mol. The summed E-state index contributed by atoms with van der Waals surface area (Å²) in [5.74, 6) is 1.10. The van der Waals surface area contributed by atoms with Crippen LogP contribution in [0.15, 0.2) is 0 Å². The van der Waals surface area contributed by atoms with Crippen LogP contribution in [-0.2, 0) is 11.3 Å². The first-order valence-electron chi connectivity index (χ1n) is 6.68. The van der Waals surface area contributed by atoms with Crippen molar-refractivity contribution in [2.75, 3.05) is 12.3 Å². The van der Waals surface area contributed by atoms with Crippen LogP contribution in [0.3, 0.4) is 0 Å². The van der Waals surface area contributed by atoms with Crippen molar-refractivity contribution in [2.45, 2.75) is 48.1 Å². The summed E-state index contributed by atoms with van der Waals surface area (Å²) in [5.41, 5.74) is 6.42. The Labute approximate surface area is 115 Å². The maximum atomic E-state index is 11.7. The lowest BCUT2D eigenvalue weighted by molar-refractivity contribution is 0.0521. The number of imidazole rings is 1. The van der Waals surface area contributed by atoms with Crippen LogP contribution in [0.4, 0.5) is 5.82 Å². The summed E-state index contributed by atoms with van der Waals surface area (Å²) in [5, 5.41) is 0. The predicted octanol–water partition coefficient (Wildman–Crippen LogP) is 2.63. The Hall–Kier alpha value is -1.52. The molecule has 5 heteroatoms. The van der Waals surface area contributed by atoms with E-state index in [9.17, 15) is 4.79 Å². The van der Waals surface area contributed by atoms with E-state index in [2.05, 4.69) is 32.7 Å². The third-order valence-corrected chi connectivity index (χ3v) is 3.60. The molecule has 1 aromatic heterocycles. The molecule has 0 saturated carbocycles. The Morgan fingerprint density at radius 1 is 1.47 bits per heavy atom. The SMILES string of the molecule is CCOC(=O)c1nc(C)n(CC(C)C(C)(C)C)c1N. The molecule has 0 fully saturated rings. The molecule has 1 atom stereocenters. The second-order valence-corrected chi connectivity index (χ2v) is 5.99. The first kappa shape index (κ1) is 15.5. The molecule has 0 amide bonds. The zero-order chi connectivity index (χ0) is 14.8. The molecule has 5 nitrogen and oxygen atoms in total. The summed E-state index contributed by atoms with van der Waals surface area (Å²) < 4.78 is 6.85. The first-order chi connectivity index (χ1) is 8.68. The van der Waals surface area contributed by atoms with Crippen molar-refractivity contribution in [3.05, 3.63) is 11.5 Å². The maximum Gasteiger partial charge on any atom is 0.360 e. The van der Waals surface area contributed by atoms with E-state index in [0.29, 0.717) is 18.3 Å². The summed E-state index contributed by atoms with van der Waals surface area (Å²) in [6, 6.07) is 0. The molecule has 0 aliphatic heterocycles. The van der Waals surface area contributed by atoms with Gasteiger partial charge in [0.2, 0.25) is 0 Å². The molecule has 1 rings (SSSR count). The third-order valence-electron chi connectivity index (χ3n) is 3.60. The molecule has 0 bridgehead atoms. The number of hydrogen-bond acceptors (Lipinski definition) is 4. The number of hydrogen-bond donors (Lipinski definition) is 1. The van der Waals surface area contributed by atoms with Crippen LogP contribution in [0.25, 0.3) is 0 Å². The molecule has 2 N–H and O–H groups in total. The number of nitrogens with two attached hydrogens (primary N) is 1. The van der Waals surface area contributed by atoms with Crippen molar-refractivity contribution >= 4 is 11.8 Å². The van der Waals surface area contributed by atoms with E-state index in [1.54, 1.807) is 6.92 Å². The smallest absolute Gasteiger partial charge is 0.360 e. The highest BCUT2D eigenvalue weighted by Gasteiger charge is 2.25. The minimum absolute atomic E-state index is 0.174. The van der Waals surface area contributed by atoms with Gasteiger partial charge >= 0.3 is 5.97 Å².